The first kappa shape index (κ1) is 15.4. The van der Waals surface area contributed by atoms with Gasteiger partial charge in [-0.25, -0.2) is 4.98 Å². The summed E-state index contributed by atoms with van der Waals surface area (Å²) in [6.45, 7) is 0.853. The summed E-state index contributed by atoms with van der Waals surface area (Å²) in [7, 11) is 1.81. The van der Waals surface area contributed by atoms with E-state index in [-0.39, 0.29) is 11.7 Å². The predicted molar refractivity (Wildman–Crippen MR) is 97.9 cm³/mol. The van der Waals surface area contributed by atoms with Crippen molar-refractivity contribution >= 4 is 44.7 Å². The van der Waals surface area contributed by atoms with Crippen molar-refractivity contribution in [1.29, 1.82) is 0 Å². The van der Waals surface area contributed by atoms with Crippen LogP contribution in [0.2, 0.25) is 0 Å². The number of hydrogen-bond acceptors (Lipinski definition) is 6. The fraction of sp³-hybridized carbons (Fsp3) is 0.375. The normalized spacial score (nSPS) is 18.0. The van der Waals surface area contributed by atoms with E-state index in [1.165, 1.54) is 0 Å². The van der Waals surface area contributed by atoms with Crippen molar-refractivity contribution in [2.75, 3.05) is 12.4 Å². The first-order chi connectivity index (χ1) is 11.2. The van der Waals surface area contributed by atoms with Crippen LogP contribution < -0.4 is 5.56 Å². The van der Waals surface area contributed by atoms with Crippen LogP contribution in [0.25, 0.3) is 20.7 Å². The van der Waals surface area contributed by atoms with Gasteiger partial charge < -0.3 is 4.74 Å². The van der Waals surface area contributed by atoms with E-state index < -0.39 is 0 Å². The quantitative estimate of drug-likeness (QED) is 0.518. The van der Waals surface area contributed by atoms with Gasteiger partial charge in [0.25, 0.3) is 5.56 Å². The molecule has 0 N–H and O–H groups in total. The maximum absolute atomic E-state index is 12.8. The van der Waals surface area contributed by atoms with Crippen LogP contribution >= 0.6 is 34.4 Å². The number of hydrogen-bond donors (Lipinski definition) is 0. The third-order valence-corrected chi connectivity index (χ3v) is 6.92. The lowest BCUT2D eigenvalue weighted by Crippen LogP contribution is -2.20. The maximum Gasteiger partial charge on any atom is 0.263 e. The molecule has 3 aromatic heterocycles. The second kappa shape index (κ2) is 6.39. The van der Waals surface area contributed by atoms with Crippen molar-refractivity contribution in [2.24, 2.45) is 7.05 Å². The van der Waals surface area contributed by atoms with Crippen LogP contribution in [-0.4, -0.2) is 28.0 Å². The highest BCUT2D eigenvalue weighted by Gasteiger charge is 2.19. The third kappa shape index (κ3) is 2.87. The summed E-state index contributed by atoms with van der Waals surface area (Å²) in [6.07, 6.45) is 2.52. The van der Waals surface area contributed by atoms with E-state index in [0.717, 1.165) is 51.0 Å². The number of aromatic nitrogens is 2. The van der Waals surface area contributed by atoms with E-state index in [0.29, 0.717) is 0 Å². The Hall–Kier alpha value is -1.15. The summed E-state index contributed by atoms with van der Waals surface area (Å²) in [5, 5.41) is 5.58. The fourth-order valence-corrected chi connectivity index (χ4v) is 5.58. The van der Waals surface area contributed by atoms with Crippen LogP contribution in [0.5, 0.6) is 0 Å². The highest BCUT2D eigenvalue weighted by Crippen LogP contribution is 2.34. The van der Waals surface area contributed by atoms with Crippen molar-refractivity contribution in [1.82, 2.24) is 9.55 Å². The Balaban J connectivity index is 1.71. The van der Waals surface area contributed by atoms with Gasteiger partial charge in [-0.1, -0.05) is 17.8 Å². The lowest BCUT2D eigenvalue weighted by molar-refractivity contribution is 0.129. The molecule has 0 spiro atoms. The van der Waals surface area contributed by atoms with E-state index in [1.54, 1.807) is 39.0 Å². The number of fused-ring (bicyclic) bond motifs is 1. The molecule has 4 rings (SSSR count). The summed E-state index contributed by atoms with van der Waals surface area (Å²) < 4.78 is 7.33. The minimum Gasteiger partial charge on any atom is -0.377 e. The van der Waals surface area contributed by atoms with Gasteiger partial charge in [0, 0.05) is 35.2 Å². The van der Waals surface area contributed by atoms with E-state index in [9.17, 15) is 4.79 Å². The van der Waals surface area contributed by atoms with Crippen LogP contribution in [-0.2, 0) is 11.8 Å². The standard InChI is InChI=1S/C16H16N2O2S3/c1-18-15(19)13-11(12-5-3-7-21-12)9-22-14(13)17-16(18)23-8-10-4-2-6-20-10/h3,5,7,9-10H,2,4,6,8H2,1H3/t10-/m1/s1. The zero-order chi connectivity index (χ0) is 15.8. The van der Waals surface area contributed by atoms with Crippen LogP contribution in [0.1, 0.15) is 12.8 Å². The molecule has 23 heavy (non-hydrogen) atoms. The molecular formula is C16H16N2O2S3. The number of rotatable bonds is 4. The summed E-state index contributed by atoms with van der Waals surface area (Å²) >= 11 is 4.81. The molecule has 0 aliphatic carbocycles. The molecule has 4 nitrogen and oxygen atoms in total. The molecule has 0 bridgehead atoms. The Morgan fingerprint density at radius 3 is 3.13 bits per heavy atom. The van der Waals surface area contributed by atoms with Crippen molar-refractivity contribution in [3.8, 4) is 10.4 Å². The zero-order valence-electron chi connectivity index (χ0n) is 12.7. The Labute approximate surface area is 146 Å². The van der Waals surface area contributed by atoms with Gasteiger partial charge in [0.05, 0.1) is 11.5 Å². The van der Waals surface area contributed by atoms with Gasteiger partial charge in [-0.15, -0.1) is 22.7 Å². The Morgan fingerprint density at radius 2 is 2.39 bits per heavy atom. The van der Waals surface area contributed by atoms with Crippen molar-refractivity contribution < 1.29 is 4.74 Å². The summed E-state index contributed by atoms with van der Waals surface area (Å²) in [6, 6.07) is 4.05. The summed E-state index contributed by atoms with van der Waals surface area (Å²) in [4.78, 5) is 19.5. The molecule has 0 aromatic carbocycles. The van der Waals surface area contributed by atoms with Gasteiger partial charge in [-0.05, 0) is 24.3 Å². The molecule has 3 aromatic rings. The van der Waals surface area contributed by atoms with E-state index in [1.807, 2.05) is 29.9 Å². The number of ether oxygens (including phenoxy) is 1. The average Bonchev–Trinajstić information content (AvgIpc) is 3.30. The molecule has 4 heterocycles. The van der Waals surface area contributed by atoms with E-state index in [2.05, 4.69) is 0 Å². The largest absolute Gasteiger partial charge is 0.377 e. The topological polar surface area (TPSA) is 44.1 Å². The van der Waals surface area contributed by atoms with Crippen molar-refractivity contribution in [3.05, 3.63) is 33.2 Å². The Kier molecular flexibility index (Phi) is 4.27. The minimum absolute atomic E-state index is 0.0366. The van der Waals surface area contributed by atoms with Crippen molar-refractivity contribution in [2.45, 2.75) is 24.1 Å². The van der Waals surface area contributed by atoms with Gasteiger partial charge in [-0.3, -0.25) is 9.36 Å². The molecule has 0 amide bonds. The predicted octanol–water partition coefficient (Wildman–Crippen LogP) is 3.99. The molecule has 0 saturated carbocycles. The molecule has 0 unspecified atom stereocenters. The van der Waals surface area contributed by atoms with E-state index >= 15 is 0 Å². The fourth-order valence-electron chi connectivity index (χ4n) is 2.74. The molecular weight excluding hydrogens is 348 g/mol. The number of nitrogens with zero attached hydrogens (tertiary/aromatic N) is 2. The highest BCUT2D eigenvalue weighted by atomic mass is 32.2. The number of thioether (sulfide) groups is 1. The van der Waals surface area contributed by atoms with Crippen LogP contribution in [0.4, 0.5) is 0 Å². The van der Waals surface area contributed by atoms with Gasteiger partial charge >= 0.3 is 0 Å². The van der Waals surface area contributed by atoms with Crippen LogP contribution in [0.3, 0.4) is 0 Å². The number of thiophene rings is 2. The van der Waals surface area contributed by atoms with Gasteiger partial charge in [-0.2, -0.15) is 0 Å². The highest BCUT2D eigenvalue weighted by molar-refractivity contribution is 7.99. The average molecular weight is 365 g/mol. The monoisotopic (exact) mass is 364 g/mol. The first-order valence-corrected chi connectivity index (χ1v) is 10.2. The van der Waals surface area contributed by atoms with Crippen molar-refractivity contribution in [3.63, 3.8) is 0 Å². The summed E-state index contributed by atoms with van der Waals surface area (Å²) in [5.74, 6) is 0.856. The first-order valence-electron chi connectivity index (χ1n) is 7.50. The molecule has 1 fully saturated rings. The molecule has 7 heteroatoms. The lowest BCUT2D eigenvalue weighted by Gasteiger charge is -2.10. The smallest absolute Gasteiger partial charge is 0.263 e. The van der Waals surface area contributed by atoms with E-state index in [4.69, 9.17) is 9.72 Å². The van der Waals surface area contributed by atoms with Crippen LogP contribution in [0, 0.1) is 0 Å². The minimum atomic E-state index is 0.0366. The molecule has 1 aliphatic heterocycles. The van der Waals surface area contributed by atoms with Gasteiger partial charge in [0.15, 0.2) is 5.16 Å². The van der Waals surface area contributed by atoms with Gasteiger partial charge in [0.2, 0.25) is 0 Å². The second-order valence-electron chi connectivity index (χ2n) is 5.51. The van der Waals surface area contributed by atoms with Gasteiger partial charge in [0.1, 0.15) is 4.83 Å². The third-order valence-electron chi connectivity index (χ3n) is 3.98. The zero-order valence-corrected chi connectivity index (χ0v) is 15.1. The van der Waals surface area contributed by atoms with Crippen LogP contribution in [0.15, 0.2) is 32.8 Å². The molecule has 120 valence electrons. The SMILES string of the molecule is Cn1c(SC[C@H]2CCCO2)nc2scc(-c3cccs3)c2c1=O. The molecule has 0 radical (unpaired) electrons. The molecule has 1 saturated heterocycles. The lowest BCUT2D eigenvalue weighted by atomic mass is 10.2. The molecule has 1 atom stereocenters. The maximum atomic E-state index is 12.8. The Morgan fingerprint density at radius 1 is 1.48 bits per heavy atom. The second-order valence-corrected chi connectivity index (χ2v) is 8.30. The summed E-state index contributed by atoms with van der Waals surface area (Å²) in [5.41, 5.74) is 1.04. The molecule has 1 aliphatic rings. The Bertz CT molecular complexity index is 877.